The van der Waals surface area contributed by atoms with Crippen LogP contribution in [0.15, 0.2) is 6.20 Å². The second-order valence-corrected chi connectivity index (χ2v) is 5.36. The van der Waals surface area contributed by atoms with Gasteiger partial charge < -0.3 is 14.6 Å². The van der Waals surface area contributed by atoms with Crippen LogP contribution in [0.2, 0.25) is 0 Å². The summed E-state index contributed by atoms with van der Waals surface area (Å²) in [7, 11) is 0. The molecule has 2 heterocycles. The van der Waals surface area contributed by atoms with Gasteiger partial charge in [-0.2, -0.15) is 0 Å². The van der Waals surface area contributed by atoms with Crippen molar-refractivity contribution in [3.63, 3.8) is 0 Å². The number of aryl methyl sites for hydroxylation is 2. The molecule has 1 aliphatic heterocycles. The molecule has 0 saturated carbocycles. The minimum absolute atomic E-state index is 0.399. The van der Waals surface area contributed by atoms with Crippen molar-refractivity contribution in [1.29, 1.82) is 0 Å². The molecular weight excluding hydrogens is 240 g/mol. The van der Waals surface area contributed by atoms with E-state index in [1.54, 1.807) is 0 Å². The van der Waals surface area contributed by atoms with Gasteiger partial charge in [0.15, 0.2) is 0 Å². The second kappa shape index (κ2) is 6.91. The number of nitrogens with one attached hydrogen (secondary N) is 1. The van der Waals surface area contributed by atoms with E-state index < -0.39 is 0 Å². The van der Waals surface area contributed by atoms with Crippen LogP contribution in [0.3, 0.4) is 0 Å². The molecule has 1 N–H and O–H groups in total. The summed E-state index contributed by atoms with van der Waals surface area (Å²) in [5.74, 6) is 1.00. The van der Waals surface area contributed by atoms with E-state index in [4.69, 9.17) is 4.74 Å². The number of imidazole rings is 1. The molecule has 108 valence electrons. The zero-order chi connectivity index (χ0) is 13.7. The van der Waals surface area contributed by atoms with Gasteiger partial charge in [-0.25, -0.2) is 4.98 Å². The summed E-state index contributed by atoms with van der Waals surface area (Å²) >= 11 is 0. The first-order valence-corrected chi connectivity index (χ1v) is 7.29. The fourth-order valence-electron chi connectivity index (χ4n) is 2.51. The van der Waals surface area contributed by atoms with E-state index in [-0.39, 0.29) is 0 Å². The number of anilines is 1. The van der Waals surface area contributed by atoms with E-state index in [2.05, 4.69) is 39.8 Å². The third-order valence-corrected chi connectivity index (χ3v) is 3.37. The lowest BCUT2D eigenvalue weighted by atomic mass is 10.3. The average molecular weight is 266 g/mol. The molecule has 0 spiro atoms. The van der Waals surface area contributed by atoms with Gasteiger partial charge in [0, 0.05) is 38.4 Å². The molecule has 1 fully saturated rings. The van der Waals surface area contributed by atoms with Gasteiger partial charge in [0.2, 0.25) is 5.95 Å². The van der Waals surface area contributed by atoms with Crippen molar-refractivity contribution >= 4 is 5.95 Å². The molecular formula is C14H26N4O. The van der Waals surface area contributed by atoms with Gasteiger partial charge in [-0.3, -0.25) is 4.90 Å². The van der Waals surface area contributed by atoms with Crippen molar-refractivity contribution in [3.8, 4) is 0 Å². The Kier molecular flexibility index (Phi) is 5.22. The van der Waals surface area contributed by atoms with Crippen LogP contribution in [0.25, 0.3) is 0 Å². The number of rotatable bonds is 6. The highest BCUT2D eigenvalue weighted by molar-refractivity contribution is 5.30. The molecule has 0 radical (unpaired) electrons. The summed E-state index contributed by atoms with van der Waals surface area (Å²) in [6.07, 6.45) is 3.25. The van der Waals surface area contributed by atoms with Crippen molar-refractivity contribution in [3.05, 3.63) is 11.9 Å². The maximum atomic E-state index is 5.38. The first-order chi connectivity index (χ1) is 9.19. The van der Waals surface area contributed by atoms with E-state index in [0.717, 1.165) is 57.5 Å². The standard InChI is InChI=1S/C14H26N4O/c1-4-5-18-11-13(3)16-14(18)15-12(2)10-17-6-8-19-9-7-17/h11-12H,4-10H2,1-3H3,(H,15,16). The molecule has 1 atom stereocenters. The monoisotopic (exact) mass is 266 g/mol. The number of aromatic nitrogens is 2. The molecule has 0 bridgehead atoms. The van der Waals surface area contributed by atoms with Crippen LogP contribution < -0.4 is 5.32 Å². The van der Waals surface area contributed by atoms with E-state index >= 15 is 0 Å². The van der Waals surface area contributed by atoms with Crippen molar-refractivity contribution in [2.45, 2.75) is 39.8 Å². The Labute approximate surface area is 116 Å². The Balaban J connectivity index is 1.88. The van der Waals surface area contributed by atoms with Crippen LogP contribution in [0.5, 0.6) is 0 Å². The maximum absolute atomic E-state index is 5.38. The average Bonchev–Trinajstić information content (AvgIpc) is 2.71. The highest BCUT2D eigenvalue weighted by Gasteiger charge is 2.15. The SMILES string of the molecule is CCCn1cc(C)nc1NC(C)CN1CCOCC1. The highest BCUT2D eigenvalue weighted by Crippen LogP contribution is 2.11. The Morgan fingerprint density at radius 1 is 1.42 bits per heavy atom. The lowest BCUT2D eigenvalue weighted by molar-refractivity contribution is 0.0367. The van der Waals surface area contributed by atoms with Crippen LogP contribution in [-0.4, -0.2) is 53.3 Å². The fourth-order valence-corrected chi connectivity index (χ4v) is 2.51. The largest absolute Gasteiger partial charge is 0.379 e. The number of hydrogen-bond donors (Lipinski definition) is 1. The predicted molar refractivity (Wildman–Crippen MR) is 77.6 cm³/mol. The van der Waals surface area contributed by atoms with Gasteiger partial charge in [-0.1, -0.05) is 6.92 Å². The molecule has 1 aromatic rings. The van der Waals surface area contributed by atoms with E-state index in [0.29, 0.717) is 6.04 Å². The summed E-state index contributed by atoms with van der Waals surface area (Å²) in [6.45, 7) is 12.3. The molecule has 5 nitrogen and oxygen atoms in total. The molecule has 19 heavy (non-hydrogen) atoms. The topological polar surface area (TPSA) is 42.3 Å². The minimum Gasteiger partial charge on any atom is -0.379 e. The Bertz CT molecular complexity index is 385. The first kappa shape index (κ1) is 14.3. The van der Waals surface area contributed by atoms with Crippen LogP contribution in [0.4, 0.5) is 5.95 Å². The quantitative estimate of drug-likeness (QED) is 0.851. The minimum atomic E-state index is 0.399. The molecule has 0 aromatic carbocycles. The molecule has 2 rings (SSSR count). The summed E-state index contributed by atoms with van der Waals surface area (Å²) in [5, 5.41) is 3.53. The molecule has 1 saturated heterocycles. The highest BCUT2D eigenvalue weighted by atomic mass is 16.5. The molecule has 1 aromatic heterocycles. The Hall–Kier alpha value is -1.07. The van der Waals surface area contributed by atoms with E-state index in [1.165, 1.54) is 0 Å². The first-order valence-electron chi connectivity index (χ1n) is 7.29. The van der Waals surface area contributed by atoms with Crippen LogP contribution in [0.1, 0.15) is 26.0 Å². The predicted octanol–water partition coefficient (Wildman–Crippen LogP) is 1.73. The van der Waals surface area contributed by atoms with E-state index in [9.17, 15) is 0 Å². The molecule has 0 aliphatic carbocycles. The number of hydrogen-bond acceptors (Lipinski definition) is 4. The van der Waals surface area contributed by atoms with E-state index in [1.807, 2.05) is 6.92 Å². The summed E-state index contributed by atoms with van der Waals surface area (Å²) in [5.41, 5.74) is 1.08. The number of ether oxygens (including phenoxy) is 1. The lowest BCUT2D eigenvalue weighted by Gasteiger charge is -2.29. The molecule has 0 amide bonds. The van der Waals surface area contributed by atoms with Crippen molar-refractivity contribution in [1.82, 2.24) is 14.5 Å². The summed E-state index contributed by atoms with van der Waals surface area (Å²) in [6, 6.07) is 0.399. The molecule has 1 aliphatic rings. The molecule has 5 heteroatoms. The van der Waals surface area contributed by atoms with Crippen molar-refractivity contribution in [2.75, 3.05) is 38.2 Å². The van der Waals surface area contributed by atoms with Gasteiger partial charge in [0.25, 0.3) is 0 Å². The zero-order valence-electron chi connectivity index (χ0n) is 12.4. The van der Waals surface area contributed by atoms with Crippen molar-refractivity contribution in [2.24, 2.45) is 0 Å². The lowest BCUT2D eigenvalue weighted by Crippen LogP contribution is -2.42. The number of nitrogens with zero attached hydrogens (tertiary/aromatic N) is 3. The molecule has 1 unspecified atom stereocenters. The fraction of sp³-hybridized carbons (Fsp3) is 0.786. The second-order valence-electron chi connectivity index (χ2n) is 5.36. The van der Waals surface area contributed by atoms with Gasteiger partial charge in [0.05, 0.1) is 18.9 Å². The normalized spacial score (nSPS) is 18.5. The van der Waals surface area contributed by atoms with Gasteiger partial charge in [-0.15, -0.1) is 0 Å². The smallest absolute Gasteiger partial charge is 0.203 e. The van der Waals surface area contributed by atoms with Crippen LogP contribution >= 0.6 is 0 Å². The third-order valence-electron chi connectivity index (χ3n) is 3.37. The maximum Gasteiger partial charge on any atom is 0.203 e. The zero-order valence-corrected chi connectivity index (χ0v) is 12.4. The number of morpholine rings is 1. The summed E-state index contributed by atoms with van der Waals surface area (Å²) < 4.78 is 7.59. The summed E-state index contributed by atoms with van der Waals surface area (Å²) in [4.78, 5) is 7.02. The van der Waals surface area contributed by atoms with Gasteiger partial charge in [-0.05, 0) is 20.3 Å². The van der Waals surface area contributed by atoms with Crippen LogP contribution in [0, 0.1) is 6.92 Å². The Morgan fingerprint density at radius 2 is 2.16 bits per heavy atom. The van der Waals surface area contributed by atoms with Crippen molar-refractivity contribution < 1.29 is 4.74 Å². The van der Waals surface area contributed by atoms with Gasteiger partial charge in [0.1, 0.15) is 0 Å². The third kappa shape index (κ3) is 4.21. The Morgan fingerprint density at radius 3 is 2.84 bits per heavy atom. The van der Waals surface area contributed by atoms with Gasteiger partial charge >= 0.3 is 0 Å². The van der Waals surface area contributed by atoms with Crippen LogP contribution in [-0.2, 0) is 11.3 Å².